The first-order valence-corrected chi connectivity index (χ1v) is 5.41. The Morgan fingerprint density at radius 2 is 1.78 bits per heavy atom. The fourth-order valence-electron chi connectivity index (χ4n) is 1.48. The first-order valence-electron chi connectivity index (χ1n) is 5.41. The molecule has 3 N–H and O–H groups in total. The van der Waals surface area contributed by atoms with Gasteiger partial charge in [0.1, 0.15) is 0 Å². The lowest BCUT2D eigenvalue weighted by Gasteiger charge is -2.27. The lowest BCUT2D eigenvalue weighted by atomic mass is 9.92. The Hall–Kier alpha value is -2.08. The number of hydrogen-bond acceptors (Lipinski definition) is 3. The molecule has 1 aromatic rings. The maximum absolute atomic E-state index is 11.6. The third-order valence-corrected chi connectivity index (χ3v) is 2.47. The topological polar surface area (TPSA) is 81.7 Å². The van der Waals surface area contributed by atoms with Gasteiger partial charge >= 0.3 is 12.0 Å². The average molecular weight is 251 g/mol. The van der Waals surface area contributed by atoms with Crippen LogP contribution >= 0.6 is 0 Å². The number of nitrogens with zero attached hydrogens (tertiary/aromatic N) is 1. The molecule has 1 atom stereocenters. The van der Waals surface area contributed by atoms with E-state index in [1.54, 1.807) is 44.4 Å². The van der Waals surface area contributed by atoms with Gasteiger partial charge in [0.05, 0.1) is 0 Å². The van der Waals surface area contributed by atoms with Crippen LogP contribution in [0.2, 0.25) is 0 Å². The molecule has 2 amide bonds. The molecular weight excluding hydrogens is 234 g/mol. The molecule has 0 spiro atoms. The first-order chi connectivity index (χ1) is 8.36. The highest BCUT2D eigenvalue weighted by Crippen LogP contribution is 2.20. The van der Waals surface area contributed by atoms with Crippen molar-refractivity contribution in [3.05, 3.63) is 35.9 Å². The fraction of sp³-hybridized carbons (Fsp3) is 0.333. The van der Waals surface area contributed by atoms with Crippen LogP contribution in [0.1, 0.15) is 12.5 Å². The average Bonchev–Trinajstić information content (AvgIpc) is 2.28. The van der Waals surface area contributed by atoms with Gasteiger partial charge in [0.2, 0.25) is 0 Å². The third kappa shape index (κ3) is 3.21. The van der Waals surface area contributed by atoms with Crippen LogP contribution in [0.25, 0.3) is 0 Å². The second-order valence-electron chi connectivity index (χ2n) is 4.26. The number of aliphatic carboxylic acids is 1. The van der Waals surface area contributed by atoms with E-state index < -0.39 is 17.5 Å². The molecule has 0 aliphatic rings. The third-order valence-electron chi connectivity index (χ3n) is 2.47. The van der Waals surface area contributed by atoms with E-state index >= 15 is 0 Å². The molecule has 0 aliphatic carbocycles. The summed E-state index contributed by atoms with van der Waals surface area (Å²) in [7, 11) is 3.28. The number of carbonyl (C=O) groups excluding carboxylic acids is 1. The predicted octanol–water partition coefficient (Wildman–Crippen LogP) is 0.762. The highest BCUT2D eigenvalue weighted by atomic mass is 16.4. The number of urea groups is 1. The minimum absolute atomic E-state index is 0.506. The first kappa shape index (κ1) is 14.0. The zero-order valence-electron chi connectivity index (χ0n) is 10.6. The van der Waals surface area contributed by atoms with Crippen LogP contribution in [0.4, 0.5) is 4.79 Å². The van der Waals surface area contributed by atoms with Gasteiger partial charge in [0.15, 0.2) is 5.54 Å². The molecular formula is C12H17N3O3. The van der Waals surface area contributed by atoms with Crippen LogP contribution in [0.3, 0.4) is 0 Å². The van der Waals surface area contributed by atoms with Crippen LogP contribution in [0.5, 0.6) is 0 Å². The molecule has 6 heteroatoms. The van der Waals surface area contributed by atoms with Crippen molar-refractivity contribution in [3.8, 4) is 0 Å². The summed E-state index contributed by atoms with van der Waals surface area (Å²) in [5.41, 5.74) is 1.48. The second-order valence-corrected chi connectivity index (χ2v) is 4.26. The number of carbonyl (C=O) groups is 2. The van der Waals surface area contributed by atoms with E-state index in [9.17, 15) is 14.7 Å². The Balaban J connectivity index is 2.96. The number of hydrogen-bond donors (Lipinski definition) is 3. The molecule has 98 valence electrons. The fourth-order valence-corrected chi connectivity index (χ4v) is 1.48. The van der Waals surface area contributed by atoms with E-state index in [0.29, 0.717) is 5.56 Å². The Labute approximate surface area is 106 Å². The van der Waals surface area contributed by atoms with Crippen LogP contribution in [-0.2, 0) is 10.3 Å². The zero-order chi connectivity index (χ0) is 13.8. The number of nitrogens with one attached hydrogen (secondary N) is 2. The number of amides is 2. The van der Waals surface area contributed by atoms with Crippen molar-refractivity contribution < 1.29 is 14.7 Å². The summed E-state index contributed by atoms with van der Waals surface area (Å²) in [5, 5.41) is 13.2. The summed E-state index contributed by atoms with van der Waals surface area (Å²) in [6, 6.07) is 7.97. The molecule has 0 saturated heterocycles. The van der Waals surface area contributed by atoms with Crippen molar-refractivity contribution in [3.63, 3.8) is 0 Å². The summed E-state index contributed by atoms with van der Waals surface area (Å²) in [5.74, 6) is -1.12. The smallest absolute Gasteiger partial charge is 0.333 e. The van der Waals surface area contributed by atoms with Gasteiger partial charge in [0, 0.05) is 14.1 Å². The van der Waals surface area contributed by atoms with Gasteiger partial charge in [-0.1, -0.05) is 30.3 Å². The van der Waals surface area contributed by atoms with Gasteiger partial charge < -0.3 is 10.4 Å². The van der Waals surface area contributed by atoms with Gasteiger partial charge in [-0.2, -0.15) is 0 Å². The molecule has 0 bridgehead atoms. The van der Waals surface area contributed by atoms with E-state index in [2.05, 4.69) is 10.7 Å². The Bertz CT molecular complexity index is 433. The molecule has 1 unspecified atom stereocenters. The van der Waals surface area contributed by atoms with E-state index in [0.717, 1.165) is 0 Å². The molecule has 0 saturated carbocycles. The normalized spacial score (nSPS) is 13.8. The molecule has 0 aromatic heterocycles. The van der Waals surface area contributed by atoms with Crippen LogP contribution in [0.15, 0.2) is 30.3 Å². The Morgan fingerprint density at radius 1 is 1.22 bits per heavy atom. The van der Waals surface area contributed by atoms with Gasteiger partial charge in [0.25, 0.3) is 0 Å². The molecule has 0 heterocycles. The SMILES string of the molecule is CN(C)NC(=O)NC(C)(C(=O)O)c1ccccc1. The summed E-state index contributed by atoms with van der Waals surface area (Å²) >= 11 is 0. The van der Waals surface area contributed by atoms with Crippen molar-refractivity contribution in [1.82, 2.24) is 15.8 Å². The van der Waals surface area contributed by atoms with Crippen molar-refractivity contribution >= 4 is 12.0 Å². The highest BCUT2D eigenvalue weighted by molar-refractivity contribution is 5.86. The lowest BCUT2D eigenvalue weighted by molar-refractivity contribution is -0.144. The van der Waals surface area contributed by atoms with Crippen LogP contribution < -0.4 is 10.7 Å². The lowest BCUT2D eigenvalue weighted by Crippen LogP contribution is -2.55. The molecule has 0 radical (unpaired) electrons. The number of benzene rings is 1. The molecule has 0 fully saturated rings. The molecule has 0 aliphatic heterocycles. The van der Waals surface area contributed by atoms with Gasteiger partial charge in [-0.05, 0) is 12.5 Å². The quantitative estimate of drug-likeness (QED) is 0.690. The van der Waals surface area contributed by atoms with Crippen LogP contribution in [0, 0.1) is 0 Å². The van der Waals surface area contributed by atoms with Gasteiger partial charge in [-0.15, -0.1) is 0 Å². The van der Waals surface area contributed by atoms with Gasteiger partial charge in [-0.3, -0.25) is 5.43 Å². The number of rotatable bonds is 4. The van der Waals surface area contributed by atoms with E-state index in [1.807, 2.05) is 0 Å². The predicted molar refractivity (Wildman–Crippen MR) is 66.8 cm³/mol. The molecule has 18 heavy (non-hydrogen) atoms. The van der Waals surface area contributed by atoms with Crippen molar-refractivity contribution in [2.24, 2.45) is 0 Å². The largest absolute Gasteiger partial charge is 0.479 e. The summed E-state index contributed by atoms with van der Waals surface area (Å²) < 4.78 is 0. The van der Waals surface area contributed by atoms with Crippen molar-refractivity contribution in [1.29, 1.82) is 0 Å². The highest BCUT2D eigenvalue weighted by Gasteiger charge is 2.36. The minimum Gasteiger partial charge on any atom is -0.479 e. The van der Waals surface area contributed by atoms with E-state index in [1.165, 1.54) is 11.9 Å². The Morgan fingerprint density at radius 3 is 2.22 bits per heavy atom. The van der Waals surface area contributed by atoms with E-state index in [4.69, 9.17) is 0 Å². The van der Waals surface area contributed by atoms with Crippen LogP contribution in [-0.4, -0.2) is 36.2 Å². The monoisotopic (exact) mass is 251 g/mol. The maximum atomic E-state index is 11.6. The number of hydrazine groups is 1. The maximum Gasteiger partial charge on any atom is 0.333 e. The van der Waals surface area contributed by atoms with E-state index in [-0.39, 0.29) is 0 Å². The number of carboxylic acids is 1. The van der Waals surface area contributed by atoms with Crippen molar-refractivity contribution in [2.45, 2.75) is 12.5 Å². The van der Waals surface area contributed by atoms with Gasteiger partial charge in [-0.25, -0.2) is 14.6 Å². The molecule has 1 rings (SSSR count). The second kappa shape index (κ2) is 5.50. The Kier molecular flexibility index (Phi) is 4.28. The molecule has 6 nitrogen and oxygen atoms in total. The number of carboxylic acid groups (broad SMARTS) is 1. The van der Waals surface area contributed by atoms with Crippen molar-refractivity contribution in [2.75, 3.05) is 14.1 Å². The summed E-state index contributed by atoms with van der Waals surface area (Å²) in [6.45, 7) is 1.44. The zero-order valence-corrected chi connectivity index (χ0v) is 10.6. The standard InChI is InChI=1S/C12H17N3O3/c1-12(10(16)17,9-7-5-4-6-8-9)13-11(18)14-15(2)3/h4-8H,1-3H3,(H,16,17)(H2,13,14,18). The molecule has 1 aromatic carbocycles. The summed E-state index contributed by atoms with van der Waals surface area (Å²) in [4.78, 5) is 23.0. The summed E-state index contributed by atoms with van der Waals surface area (Å²) in [6.07, 6.45) is 0. The minimum atomic E-state index is -1.47.